The summed E-state index contributed by atoms with van der Waals surface area (Å²) in [4.78, 5) is 10.1. The summed E-state index contributed by atoms with van der Waals surface area (Å²) in [7, 11) is 0. The predicted octanol–water partition coefficient (Wildman–Crippen LogP) is 2.37. The summed E-state index contributed by atoms with van der Waals surface area (Å²) in [6, 6.07) is 14.3. The molecular weight excluding hydrogens is 305 g/mol. The Bertz CT molecular complexity index is 654. The van der Waals surface area contributed by atoms with Crippen LogP contribution < -0.4 is 4.46 Å². The maximum atomic E-state index is 10.5. The van der Waals surface area contributed by atoms with Crippen molar-refractivity contribution in [1.29, 1.82) is 0 Å². The Labute approximate surface area is 118 Å². The maximum absolute atomic E-state index is 10.5. The van der Waals surface area contributed by atoms with Gasteiger partial charge in [0.2, 0.25) is 0 Å². The molecule has 2 aromatic rings. The molecule has 3 nitrogen and oxygen atoms in total. The van der Waals surface area contributed by atoms with Gasteiger partial charge in [-0.25, -0.2) is 0 Å². The van der Waals surface area contributed by atoms with Gasteiger partial charge in [-0.1, -0.05) is 0 Å². The van der Waals surface area contributed by atoms with E-state index >= 15 is 0 Å². The van der Waals surface area contributed by atoms with Crippen LogP contribution >= 0.6 is 0 Å². The summed E-state index contributed by atoms with van der Waals surface area (Å²) in [5.41, 5.74) is 1.90. The van der Waals surface area contributed by atoms with E-state index in [1.54, 1.807) is 12.1 Å². The number of nitro benzene ring substituents is 1. The second-order valence-corrected chi connectivity index (χ2v) is 5.53. The van der Waals surface area contributed by atoms with Gasteiger partial charge in [-0.15, -0.1) is 0 Å². The quantitative estimate of drug-likeness (QED) is 0.369. The van der Waals surface area contributed by atoms with Crippen LogP contribution in [-0.4, -0.2) is 19.9 Å². The number of nitro groups is 1. The third-order valence-electron chi connectivity index (χ3n) is 2.53. The molecule has 0 unspecified atom stereocenters. The third kappa shape index (κ3) is 3.45. The van der Waals surface area contributed by atoms with Gasteiger partial charge in [-0.05, 0) is 0 Å². The van der Waals surface area contributed by atoms with Crippen LogP contribution in [0, 0.1) is 22.0 Å². The molecule has 2 aromatic carbocycles. The van der Waals surface area contributed by atoms with E-state index < -0.39 is 4.92 Å². The van der Waals surface area contributed by atoms with Crippen molar-refractivity contribution >= 4 is 25.1 Å². The van der Waals surface area contributed by atoms with Gasteiger partial charge in [0.15, 0.2) is 0 Å². The first-order valence-electron chi connectivity index (χ1n) is 5.60. The van der Waals surface area contributed by atoms with Crippen molar-refractivity contribution in [2.45, 2.75) is 5.82 Å². The fourth-order valence-corrected chi connectivity index (χ4v) is 2.72. The third-order valence-corrected chi connectivity index (χ3v) is 4.20. The molecule has 0 bridgehead atoms. The normalized spacial score (nSPS) is 9.53. The van der Waals surface area contributed by atoms with E-state index in [0.29, 0.717) is 15.0 Å². The van der Waals surface area contributed by atoms with Crippen LogP contribution in [0.2, 0.25) is 5.82 Å². The molecule has 0 amide bonds. The van der Waals surface area contributed by atoms with Crippen molar-refractivity contribution in [3.63, 3.8) is 0 Å². The molecule has 0 aliphatic rings. The fraction of sp³-hybridized carbons (Fsp3) is 0.0667. The Morgan fingerprint density at radius 2 is 1.74 bits per heavy atom. The number of rotatable bonds is 2. The molecule has 0 N–H and O–H groups in total. The molecule has 0 aliphatic carbocycles. The van der Waals surface area contributed by atoms with Gasteiger partial charge in [-0.3, -0.25) is 0 Å². The first-order valence-corrected chi connectivity index (χ1v) is 8.17. The zero-order chi connectivity index (χ0) is 13.7. The summed E-state index contributed by atoms with van der Waals surface area (Å²) in [6.45, 7) is 0. The van der Waals surface area contributed by atoms with Crippen LogP contribution in [0.25, 0.3) is 0 Å². The molecule has 0 aromatic heterocycles. The predicted molar refractivity (Wildman–Crippen MR) is 76.8 cm³/mol. The minimum absolute atomic E-state index is 0.0860. The fourth-order valence-electron chi connectivity index (χ4n) is 1.55. The molecule has 0 heterocycles. The Hall–Kier alpha value is -2.08. The number of non-ortho nitro benzene ring substituents is 1. The zero-order valence-electron chi connectivity index (χ0n) is 10.3. The molecule has 0 saturated heterocycles. The second-order valence-electron chi connectivity index (χ2n) is 3.75. The summed E-state index contributed by atoms with van der Waals surface area (Å²) in [5, 5.41) is 10.5. The number of hydrogen-bond acceptors (Lipinski definition) is 2. The van der Waals surface area contributed by atoms with Crippen molar-refractivity contribution in [2.24, 2.45) is 0 Å². The Morgan fingerprint density at radius 1 is 1.05 bits per heavy atom. The van der Waals surface area contributed by atoms with Crippen LogP contribution in [0.1, 0.15) is 11.1 Å². The summed E-state index contributed by atoms with van der Waals surface area (Å²) in [5.74, 6) is 8.32. The van der Waals surface area contributed by atoms with E-state index in [-0.39, 0.29) is 5.69 Å². The van der Waals surface area contributed by atoms with Crippen molar-refractivity contribution in [2.75, 3.05) is 0 Å². The minimum atomic E-state index is -0.411. The summed E-state index contributed by atoms with van der Waals surface area (Å²) in [6.07, 6.45) is 0. The van der Waals surface area contributed by atoms with Crippen LogP contribution in [0.3, 0.4) is 0 Å². The van der Waals surface area contributed by atoms with Gasteiger partial charge in [0.1, 0.15) is 0 Å². The molecule has 0 atom stereocenters. The van der Waals surface area contributed by atoms with E-state index in [1.165, 1.54) is 16.6 Å². The van der Waals surface area contributed by atoms with Gasteiger partial charge in [0.05, 0.1) is 0 Å². The summed E-state index contributed by atoms with van der Waals surface area (Å²) < 4.78 is 1.27. The molecule has 0 spiro atoms. The molecule has 0 aliphatic heterocycles. The van der Waals surface area contributed by atoms with Crippen LogP contribution in [0.4, 0.5) is 5.69 Å². The monoisotopic (exact) mass is 317 g/mol. The number of benzene rings is 2. The van der Waals surface area contributed by atoms with Crippen molar-refractivity contribution in [3.05, 3.63) is 69.8 Å². The molecule has 0 fully saturated rings. The Balaban J connectivity index is 2.26. The average Bonchev–Trinajstić information content (AvgIpc) is 2.45. The number of nitrogens with zero attached hydrogens (tertiary/aromatic N) is 1. The van der Waals surface area contributed by atoms with Gasteiger partial charge < -0.3 is 0 Å². The molecule has 0 saturated carbocycles. The van der Waals surface area contributed by atoms with Gasteiger partial charge in [0.25, 0.3) is 0 Å². The van der Waals surface area contributed by atoms with E-state index in [2.05, 4.69) is 23.7 Å². The number of hydrogen-bond donors (Lipinski definition) is 0. The first-order chi connectivity index (χ1) is 9.20. The van der Waals surface area contributed by atoms with E-state index in [1.807, 2.05) is 18.2 Å². The Morgan fingerprint density at radius 3 is 2.37 bits per heavy atom. The molecule has 19 heavy (non-hydrogen) atoms. The summed E-state index contributed by atoms with van der Waals surface area (Å²) >= 11 is 0.404. The van der Waals surface area contributed by atoms with Crippen LogP contribution in [-0.2, 0) is 0 Å². The van der Waals surface area contributed by atoms with Gasteiger partial charge in [0, 0.05) is 0 Å². The van der Waals surface area contributed by atoms with E-state index in [9.17, 15) is 10.1 Å². The SMILES string of the molecule is C[Se]c1ccccc1C#Cc1ccc([N+](=O)[O-])cc1. The van der Waals surface area contributed by atoms with Crippen LogP contribution in [0.15, 0.2) is 48.5 Å². The van der Waals surface area contributed by atoms with Crippen LogP contribution in [0.5, 0.6) is 0 Å². The van der Waals surface area contributed by atoms with Gasteiger partial charge in [-0.2, -0.15) is 0 Å². The standard InChI is InChI=1S/C15H11NO2Se/c1-19-15-5-3-2-4-13(15)9-6-12-7-10-14(11-8-12)16(17)18/h2-5,7-8,10-11H,1H3. The van der Waals surface area contributed by atoms with E-state index in [0.717, 1.165) is 11.1 Å². The molecule has 2 rings (SSSR count). The topological polar surface area (TPSA) is 43.1 Å². The first kappa shape index (κ1) is 13.4. The molecule has 4 heteroatoms. The molecule has 0 radical (unpaired) electrons. The van der Waals surface area contributed by atoms with Crippen molar-refractivity contribution < 1.29 is 4.92 Å². The second kappa shape index (κ2) is 6.19. The Kier molecular flexibility index (Phi) is 4.35. The zero-order valence-corrected chi connectivity index (χ0v) is 12.0. The van der Waals surface area contributed by atoms with Gasteiger partial charge >= 0.3 is 117 Å². The molecular formula is C15H11NO2Se. The molecule has 94 valence electrons. The van der Waals surface area contributed by atoms with Crippen molar-refractivity contribution in [3.8, 4) is 11.8 Å². The van der Waals surface area contributed by atoms with E-state index in [4.69, 9.17) is 0 Å². The average molecular weight is 316 g/mol. The van der Waals surface area contributed by atoms with Crippen molar-refractivity contribution in [1.82, 2.24) is 0 Å².